The number of carbonyl (C=O) groups excluding carboxylic acids is 1. The Kier molecular flexibility index (Phi) is 2.62. The summed E-state index contributed by atoms with van der Waals surface area (Å²) in [7, 11) is 1.66. The molecule has 0 radical (unpaired) electrons. The number of β-amino-alcohol motifs (C(OH)–C–C–N with tert-alkyl or cyclic N) is 1. The molecule has 7 heteroatoms. The molecule has 1 aromatic rings. The molecule has 1 N–H and O–H groups in total. The van der Waals surface area contributed by atoms with Crippen molar-refractivity contribution < 1.29 is 9.90 Å². The van der Waals surface area contributed by atoms with E-state index >= 15 is 0 Å². The minimum atomic E-state index is -0.783. The molecule has 1 fully saturated rings. The molecule has 1 saturated heterocycles. The Morgan fingerprint density at radius 2 is 2.50 bits per heavy atom. The Bertz CT molecular complexity index is 370. The normalized spacial score (nSPS) is 22.2. The minimum Gasteiger partial charge on any atom is -0.371 e. The first kappa shape index (κ1) is 10.1. The second-order valence-corrected chi connectivity index (χ2v) is 5.86. The topological polar surface area (TPSA) is 56.7 Å². The number of anilines is 1. The van der Waals surface area contributed by atoms with Crippen LogP contribution in [0.15, 0.2) is 6.20 Å². The fourth-order valence-electron chi connectivity index (χ4n) is 1.28. The van der Waals surface area contributed by atoms with Crippen LogP contribution >= 0.6 is 33.9 Å². The summed E-state index contributed by atoms with van der Waals surface area (Å²) in [6.45, 7) is 0.328. The van der Waals surface area contributed by atoms with E-state index in [1.165, 1.54) is 21.1 Å². The fourth-order valence-corrected chi connectivity index (χ4v) is 2.70. The van der Waals surface area contributed by atoms with Gasteiger partial charge >= 0.3 is 6.03 Å². The Labute approximate surface area is 98.5 Å². The number of hydrogen-bond donors (Lipinski definition) is 1. The van der Waals surface area contributed by atoms with E-state index in [0.29, 0.717) is 11.7 Å². The number of aliphatic hydroxyl groups excluding tert-OH is 1. The summed E-state index contributed by atoms with van der Waals surface area (Å²) < 4.78 is 0.993. The average molecular weight is 325 g/mol. The van der Waals surface area contributed by atoms with Crippen LogP contribution in [-0.4, -0.2) is 40.8 Å². The number of rotatable bonds is 1. The van der Waals surface area contributed by atoms with Gasteiger partial charge in [0.15, 0.2) is 11.4 Å². The summed E-state index contributed by atoms with van der Waals surface area (Å²) in [5.41, 5.74) is 0. The molecule has 0 saturated carbocycles. The lowest BCUT2D eigenvalue weighted by Crippen LogP contribution is -2.33. The Morgan fingerprint density at radius 1 is 1.79 bits per heavy atom. The van der Waals surface area contributed by atoms with Crippen LogP contribution in [0.3, 0.4) is 0 Å². The largest absolute Gasteiger partial charge is 0.371 e. The van der Waals surface area contributed by atoms with Crippen molar-refractivity contribution in [3.05, 3.63) is 9.08 Å². The number of hydrogen-bond acceptors (Lipinski definition) is 4. The van der Waals surface area contributed by atoms with E-state index in [4.69, 9.17) is 0 Å². The van der Waals surface area contributed by atoms with Gasteiger partial charge < -0.3 is 10.0 Å². The second kappa shape index (κ2) is 3.63. The van der Waals surface area contributed by atoms with Crippen molar-refractivity contribution in [1.82, 2.24) is 9.88 Å². The molecule has 1 aliphatic heterocycles. The highest BCUT2D eigenvalue weighted by Gasteiger charge is 2.36. The highest BCUT2D eigenvalue weighted by atomic mass is 127. The lowest BCUT2D eigenvalue weighted by molar-refractivity contribution is 0.183. The smallest absolute Gasteiger partial charge is 0.328 e. The summed E-state index contributed by atoms with van der Waals surface area (Å²) in [6.07, 6.45) is 0.897. The van der Waals surface area contributed by atoms with Crippen LogP contribution in [0, 0.1) is 2.88 Å². The molecule has 2 heterocycles. The summed E-state index contributed by atoms with van der Waals surface area (Å²) in [6, 6.07) is -0.205. The molecule has 0 spiro atoms. The van der Waals surface area contributed by atoms with Crippen LogP contribution in [0.5, 0.6) is 0 Å². The summed E-state index contributed by atoms with van der Waals surface area (Å²) in [4.78, 5) is 18.4. The minimum absolute atomic E-state index is 0.205. The number of halogens is 1. The number of nitrogens with zero attached hydrogens (tertiary/aromatic N) is 3. The van der Waals surface area contributed by atoms with E-state index in [0.717, 1.165) is 2.88 Å². The number of urea groups is 1. The van der Waals surface area contributed by atoms with E-state index in [-0.39, 0.29) is 6.03 Å². The Balaban J connectivity index is 2.30. The van der Waals surface area contributed by atoms with Gasteiger partial charge in [-0.2, -0.15) is 0 Å². The van der Waals surface area contributed by atoms with Crippen molar-refractivity contribution in [3.8, 4) is 0 Å². The summed E-state index contributed by atoms with van der Waals surface area (Å²) in [5, 5.41) is 10.2. The van der Waals surface area contributed by atoms with Gasteiger partial charge in [0.05, 0.1) is 15.6 Å². The molecule has 76 valence electrons. The van der Waals surface area contributed by atoms with Crippen LogP contribution < -0.4 is 4.90 Å². The number of carbonyl (C=O) groups is 1. The Morgan fingerprint density at radius 3 is 2.93 bits per heavy atom. The first-order valence-electron chi connectivity index (χ1n) is 3.93. The van der Waals surface area contributed by atoms with Gasteiger partial charge in [0, 0.05) is 7.05 Å². The third-order valence-corrected chi connectivity index (χ3v) is 3.66. The number of thiazole rings is 1. The molecule has 0 aromatic carbocycles. The number of aliphatic hydroxyl groups is 1. The third-order valence-electron chi connectivity index (χ3n) is 1.94. The highest BCUT2D eigenvalue weighted by Crippen LogP contribution is 2.28. The van der Waals surface area contributed by atoms with E-state index in [9.17, 15) is 9.90 Å². The standard InChI is InChI=1S/C7H8IN3O2S/c1-10-3-5(12)11(7(10)13)6-9-2-4(8)14-6/h2,5,12H,3H2,1H3. The average Bonchev–Trinajstić information content (AvgIpc) is 2.60. The van der Waals surface area contributed by atoms with Crippen molar-refractivity contribution in [3.63, 3.8) is 0 Å². The van der Waals surface area contributed by atoms with Crippen molar-refractivity contribution >= 4 is 45.1 Å². The number of amides is 2. The predicted octanol–water partition coefficient (Wildman–Crippen LogP) is 0.938. The van der Waals surface area contributed by atoms with Crippen molar-refractivity contribution in [1.29, 1.82) is 0 Å². The van der Waals surface area contributed by atoms with Crippen molar-refractivity contribution in [2.45, 2.75) is 6.23 Å². The van der Waals surface area contributed by atoms with Gasteiger partial charge in [0.1, 0.15) is 0 Å². The molecule has 1 atom stereocenters. The molecular weight excluding hydrogens is 317 g/mol. The van der Waals surface area contributed by atoms with Crippen LogP contribution in [0.4, 0.5) is 9.93 Å². The second-order valence-electron chi connectivity index (χ2n) is 2.96. The zero-order valence-corrected chi connectivity index (χ0v) is 10.3. The lowest BCUT2D eigenvalue weighted by atomic mass is 10.5. The molecule has 1 aromatic heterocycles. The monoisotopic (exact) mass is 325 g/mol. The SMILES string of the molecule is CN1CC(O)N(c2ncc(I)s2)C1=O. The molecule has 2 amide bonds. The van der Waals surface area contributed by atoms with Crippen LogP contribution in [0.1, 0.15) is 0 Å². The van der Waals surface area contributed by atoms with Gasteiger partial charge in [0.25, 0.3) is 0 Å². The quantitative estimate of drug-likeness (QED) is 0.782. The first-order chi connectivity index (χ1) is 6.59. The van der Waals surface area contributed by atoms with E-state index < -0.39 is 6.23 Å². The van der Waals surface area contributed by atoms with Crippen molar-refractivity contribution in [2.75, 3.05) is 18.5 Å². The van der Waals surface area contributed by atoms with Crippen molar-refractivity contribution in [2.24, 2.45) is 0 Å². The number of likely N-dealkylation sites (N-methyl/N-ethyl adjacent to an activating group) is 1. The zero-order valence-electron chi connectivity index (χ0n) is 7.35. The number of aromatic nitrogens is 1. The molecule has 0 aliphatic carbocycles. The van der Waals surface area contributed by atoms with E-state index in [1.54, 1.807) is 13.2 Å². The molecule has 5 nitrogen and oxygen atoms in total. The van der Waals surface area contributed by atoms with Crippen LogP contribution in [-0.2, 0) is 0 Å². The molecule has 1 unspecified atom stereocenters. The lowest BCUT2D eigenvalue weighted by Gasteiger charge is -2.14. The van der Waals surface area contributed by atoms with Gasteiger partial charge in [-0.3, -0.25) is 0 Å². The van der Waals surface area contributed by atoms with Crippen LogP contribution in [0.2, 0.25) is 0 Å². The third kappa shape index (κ3) is 1.59. The fraction of sp³-hybridized carbons (Fsp3) is 0.429. The Hall–Kier alpha value is -0.410. The first-order valence-corrected chi connectivity index (χ1v) is 5.83. The zero-order chi connectivity index (χ0) is 10.3. The molecule has 0 bridgehead atoms. The molecule has 14 heavy (non-hydrogen) atoms. The van der Waals surface area contributed by atoms with E-state index in [1.807, 2.05) is 0 Å². The highest BCUT2D eigenvalue weighted by molar-refractivity contribution is 14.1. The molecule has 2 rings (SSSR count). The summed E-state index contributed by atoms with van der Waals surface area (Å²) >= 11 is 3.52. The summed E-state index contributed by atoms with van der Waals surface area (Å²) in [5.74, 6) is 0. The van der Waals surface area contributed by atoms with Gasteiger partial charge in [0.2, 0.25) is 0 Å². The molecular formula is C7H8IN3O2S. The van der Waals surface area contributed by atoms with Gasteiger partial charge in [-0.05, 0) is 22.6 Å². The van der Waals surface area contributed by atoms with Gasteiger partial charge in [-0.15, -0.1) is 0 Å². The van der Waals surface area contributed by atoms with Crippen LogP contribution in [0.25, 0.3) is 0 Å². The molecule has 1 aliphatic rings. The maximum absolute atomic E-state index is 11.6. The maximum atomic E-state index is 11.6. The maximum Gasteiger partial charge on any atom is 0.328 e. The predicted molar refractivity (Wildman–Crippen MR) is 61.3 cm³/mol. The van der Waals surface area contributed by atoms with E-state index in [2.05, 4.69) is 27.6 Å². The van der Waals surface area contributed by atoms with Gasteiger partial charge in [-0.1, -0.05) is 11.3 Å². The van der Waals surface area contributed by atoms with Gasteiger partial charge in [-0.25, -0.2) is 14.7 Å².